The molecule has 2 aliphatic rings. The van der Waals surface area contributed by atoms with Crippen LogP contribution in [0.3, 0.4) is 0 Å². The Morgan fingerprint density at radius 1 is 1.50 bits per heavy atom. The number of ether oxygens (including phenoxy) is 1. The minimum atomic E-state index is -0.232. The van der Waals surface area contributed by atoms with Crippen LogP contribution in [0.15, 0.2) is 18.2 Å². The quantitative estimate of drug-likeness (QED) is 0.887. The van der Waals surface area contributed by atoms with Crippen molar-refractivity contribution >= 4 is 5.91 Å². The van der Waals surface area contributed by atoms with Crippen molar-refractivity contribution in [2.24, 2.45) is 0 Å². The van der Waals surface area contributed by atoms with E-state index in [9.17, 15) is 9.90 Å². The van der Waals surface area contributed by atoms with Crippen molar-refractivity contribution in [1.29, 1.82) is 0 Å². The molecule has 1 aromatic carbocycles. The van der Waals surface area contributed by atoms with Crippen LogP contribution in [0.4, 0.5) is 0 Å². The monoisotopic (exact) mass is 275 g/mol. The number of nitrogens with one attached hydrogen (secondary N) is 1. The number of methoxy groups -OCH3 is 1. The number of hydrogen-bond donors (Lipinski definition) is 2. The molecule has 0 radical (unpaired) electrons. The second kappa shape index (κ2) is 5.09. The Hall–Kier alpha value is -1.55. The standard InChI is InChI=1S/C16H21NO3/c1-20-16(8-3-9-16)10-15(19)17-13-7-6-12-11(13)4-2-5-14(12)18/h2,4-5,13,18H,3,6-10H2,1H3,(H,17,19). The van der Waals surface area contributed by atoms with E-state index in [0.717, 1.165) is 43.2 Å². The second-order valence-electron chi connectivity index (χ2n) is 5.92. The zero-order valence-corrected chi connectivity index (χ0v) is 11.8. The number of fused-ring (bicyclic) bond motifs is 1. The van der Waals surface area contributed by atoms with Gasteiger partial charge in [0.1, 0.15) is 5.75 Å². The molecule has 1 saturated carbocycles. The maximum absolute atomic E-state index is 12.2. The Morgan fingerprint density at radius 2 is 2.30 bits per heavy atom. The Bertz CT molecular complexity index is 517. The van der Waals surface area contributed by atoms with E-state index >= 15 is 0 Å². The summed E-state index contributed by atoms with van der Waals surface area (Å²) in [5, 5.41) is 12.9. The molecule has 3 rings (SSSR count). The molecule has 4 nitrogen and oxygen atoms in total. The van der Waals surface area contributed by atoms with Crippen LogP contribution in [0.1, 0.15) is 49.3 Å². The van der Waals surface area contributed by atoms with Crippen molar-refractivity contribution in [3.05, 3.63) is 29.3 Å². The molecule has 1 atom stereocenters. The Morgan fingerprint density at radius 3 is 2.95 bits per heavy atom. The molecule has 0 spiro atoms. The molecule has 2 N–H and O–H groups in total. The molecule has 1 aromatic rings. The van der Waals surface area contributed by atoms with E-state index in [1.807, 2.05) is 12.1 Å². The van der Waals surface area contributed by atoms with Gasteiger partial charge in [0.05, 0.1) is 18.1 Å². The average Bonchev–Trinajstić information content (AvgIpc) is 2.79. The predicted octanol–water partition coefficient (Wildman–Crippen LogP) is 2.45. The van der Waals surface area contributed by atoms with Crippen LogP contribution in [0.2, 0.25) is 0 Å². The minimum Gasteiger partial charge on any atom is -0.508 e. The number of phenolic OH excluding ortho intramolecular Hbond substituents is 1. The maximum atomic E-state index is 12.2. The van der Waals surface area contributed by atoms with Gasteiger partial charge in [-0.1, -0.05) is 12.1 Å². The lowest BCUT2D eigenvalue weighted by Crippen LogP contribution is -2.44. The van der Waals surface area contributed by atoms with E-state index in [1.54, 1.807) is 13.2 Å². The highest BCUT2D eigenvalue weighted by Gasteiger charge is 2.39. The van der Waals surface area contributed by atoms with E-state index in [2.05, 4.69) is 5.32 Å². The van der Waals surface area contributed by atoms with Gasteiger partial charge in [0, 0.05) is 7.11 Å². The summed E-state index contributed by atoms with van der Waals surface area (Å²) in [5.74, 6) is 0.388. The molecule has 1 amide bonds. The van der Waals surface area contributed by atoms with Gasteiger partial charge < -0.3 is 15.2 Å². The molecule has 1 unspecified atom stereocenters. The first-order chi connectivity index (χ1) is 9.63. The summed E-state index contributed by atoms with van der Waals surface area (Å²) in [7, 11) is 1.69. The number of aromatic hydroxyl groups is 1. The molecule has 0 aliphatic heterocycles. The lowest BCUT2D eigenvalue weighted by molar-refractivity contribution is -0.135. The number of amides is 1. The van der Waals surface area contributed by atoms with Crippen molar-refractivity contribution in [3.63, 3.8) is 0 Å². The summed E-state index contributed by atoms with van der Waals surface area (Å²) in [5.41, 5.74) is 1.80. The Balaban J connectivity index is 1.65. The van der Waals surface area contributed by atoms with Crippen LogP contribution in [0.5, 0.6) is 5.75 Å². The highest BCUT2D eigenvalue weighted by molar-refractivity contribution is 5.78. The predicted molar refractivity (Wildman–Crippen MR) is 75.5 cm³/mol. The molecular weight excluding hydrogens is 254 g/mol. The fourth-order valence-electron chi connectivity index (χ4n) is 3.35. The molecule has 0 aromatic heterocycles. The first-order valence-electron chi connectivity index (χ1n) is 7.29. The molecule has 1 fully saturated rings. The number of benzene rings is 1. The van der Waals surface area contributed by atoms with E-state index in [-0.39, 0.29) is 17.6 Å². The molecule has 0 bridgehead atoms. The highest BCUT2D eigenvalue weighted by Crippen LogP contribution is 2.39. The minimum absolute atomic E-state index is 0.0265. The Labute approximate surface area is 119 Å². The molecule has 2 aliphatic carbocycles. The van der Waals surface area contributed by atoms with E-state index in [0.29, 0.717) is 12.2 Å². The van der Waals surface area contributed by atoms with Crippen LogP contribution in [0, 0.1) is 0 Å². The molecule has 4 heteroatoms. The summed E-state index contributed by atoms with van der Waals surface area (Å²) in [6.45, 7) is 0. The molecular formula is C16H21NO3. The van der Waals surface area contributed by atoms with Crippen LogP contribution in [-0.4, -0.2) is 23.7 Å². The van der Waals surface area contributed by atoms with Crippen LogP contribution < -0.4 is 5.32 Å². The van der Waals surface area contributed by atoms with Gasteiger partial charge in [-0.25, -0.2) is 0 Å². The van der Waals surface area contributed by atoms with Gasteiger partial charge in [-0.15, -0.1) is 0 Å². The number of carbonyl (C=O) groups excluding carboxylic acids is 1. The number of phenols is 1. The van der Waals surface area contributed by atoms with Crippen molar-refractivity contribution in [3.8, 4) is 5.75 Å². The van der Waals surface area contributed by atoms with Crippen molar-refractivity contribution in [2.45, 2.75) is 50.2 Å². The zero-order valence-electron chi connectivity index (χ0n) is 11.8. The summed E-state index contributed by atoms with van der Waals surface area (Å²) < 4.78 is 5.50. The summed E-state index contributed by atoms with van der Waals surface area (Å²) >= 11 is 0. The normalized spacial score (nSPS) is 22.9. The van der Waals surface area contributed by atoms with Crippen molar-refractivity contribution in [2.75, 3.05) is 7.11 Å². The van der Waals surface area contributed by atoms with Gasteiger partial charge in [0.25, 0.3) is 0 Å². The highest BCUT2D eigenvalue weighted by atomic mass is 16.5. The Kier molecular flexibility index (Phi) is 3.42. The number of rotatable bonds is 4. The summed E-state index contributed by atoms with van der Waals surface area (Å²) in [6.07, 6.45) is 5.20. The molecule has 20 heavy (non-hydrogen) atoms. The first-order valence-corrected chi connectivity index (χ1v) is 7.29. The van der Waals surface area contributed by atoms with E-state index in [4.69, 9.17) is 4.74 Å². The first kappa shape index (κ1) is 13.4. The van der Waals surface area contributed by atoms with Crippen LogP contribution in [0.25, 0.3) is 0 Å². The summed E-state index contributed by atoms with van der Waals surface area (Å²) in [6, 6.07) is 5.56. The van der Waals surface area contributed by atoms with Gasteiger partial charge >= 0.3 is 0 Å². The number of carbonyl (C=O) groups is 1. The van der Waals surface area contributed by atoms with E-state index in [1.165, 1.54) is 0 Å². The summed E-state index contributed by atoms with van der Waals surface area (Å²) in [4.78, 5) is 12.2. The average molecular weight is 275 g/mol. The third-order valence-corrected chi connectivity index (χ3v) is 4.76. The molecule has 108 valence electrons. The van der Waals surface area contributed by atoms with Crippen molar-refractivity contribution < 1.29 is 14.6 Å². The van der Waals surface area contributed by atoms with Gasteiger partial charge in [0.15, 0.2) is 0 Å². The third kappa shape index (κ3) is 2.29. The van der Waals surface area contributed by atoms with Crippen molar-refractivity contribution in [1.82, 2.24) is 5.32 Å². The van der Waals surface area contributed by atoms with Gasteiger partial charge in [0.2, 0.25) is 5.91 Å². The zero-order chi connectivity index (χ0) is 14.2. The SMILES string of the molecule is COC1(CC(=O)NC2CCc3c(O)cccc32)CCC1. The van der Waals surface area contributed by atoms with Crippen LogP contribution in [-0.2, 0) is 16.0 Å². The fraction of sp³-hybridized carbons (Fsp3) is 0.562. The van der Waals surface area contributed by atoms with Gasteiger partial charge in [-0.2, -0.15) is 0 Å². The smallest absolute Gasteiger partial charge is 0.223 e. The molecule has 0 heterocycles. The third-order valence-electron chi connectivity index (χ3n) is 4.76. The largest absolute Gasteiger partial charge is 0.508 e. The van der Waals surface area contributed by atoms with Crippen LogP contribution >= 0.6 is 0 Å². The van der Waals surface area contributed by atoms with E-state index < -0.39 is 0 Å². The number of hydrogen-bond acceptors (Lipinski definition) is 3. The van der Waals surface area contributed by atoms with Gasteiger partial charge in [-0.3, -0.25) is 4.79 Å². The lowest BCUT2D eigenvalue weighted by atomic mass is 9.77. The topological polar surface area (TPSA) is 58.6 Å². The van der Waals surface area contributed by atoms with Gasteiger partial charge in [-0.05, 0) is 49.3 Å². The fourth-order valence-corrected chi connectivity index (χ4v) is 3.35. The second-order valence-corrected chi connectivity index (χ2v) is 5.92. The lowest BCUT2D eigenvalue weighted by Gasteiger charge is -2.40. The maximum Gasteiger partial charge on any atom is 0.223 e. The molecule has 0 saturated heterocycles.